The maximum absolute atomic E-state index is 11.0. The molecule has 0 heterocycles. The summed E-state index contributed by atoms with van der Waals surface area (Å²) in [5.74, 6) is -0.353. The van der Waals surface area contributed by atoms with E-state index in [1.54, 1.807) is 6.08 Å². The molecule has 0 bridgehead atoms. The quantitative estimate of drug-likeness (QED) is 0.412. The summed E-state index contributed by atoms with van der Waals surface area (Å²) in [4.78, 5) is 11.0. The minimum Gasteiger partial charge on any atom is -0.458 e. The first-order valence-corrected chi connectivity index (χ1v) is 4.33. The van der Waals surface area contributed by atoms with E-state index in [2.05, 4.69) is 6.58 Å². The molecule has 2 nitrogen and oxygen atoms in total. The molecule has 0 aliphatic carbocycles. The van der Waals surface area contributed by atoms with Crippen molar-refractivity contribution in [2.45, 2.75) is 0 Å². The first-order valence-electron chi connectivity index (χ1n) is 4.33. The lowest BCUT2D eigenvalue weighted by Gasteiger charge is -1.95. The fraction of sp³-hybridized carbons (Fsp3) is 0.0833. The Labute approximate surface area is 83.5 Å². The average Bonchev–Trinajstić information content (AvgIpc) is 2.25. The Bertz CT molecular complexity index is 325. The van der Waals surface area contributed by atoms with E-state index in [-0.39, 0.29) is 12.6 Å². The number of benzene rings is 1. The Kier molecular flexibility index (Phi) is 4.21. The van der Waals surface area contributed by atoms with Crippen molar-refractivity contribution < 1.29 is 9.53 Å². The van der Waals surface area contributed by atoms with E-state index < -0.39 is 0 Å². The Balaban J connectivity index is 2.48. The monoisotopic (exact) mass is 188 g/mol. The second-order valence-corrected chi connectivity index (χ2v) is 2.66. The largest absolute Gasteiger partial charge is 0.458 e. The van der Waals surface area contributed by atoms with Gasteiger partial charge in [-0.3, -0.25) is 0 Å². The van der Waals surface area contributed by atoms with Gasteiger partial charge in [-0.1, -0.05) is 43.0 Å². The van der Waals surface area contributed by atoms with Gasteiger partial charge in [0.15, 0.2) is 0 Å². The summed E-state index contributed by atoms with van der Waals surface area (Å²) in [6.45, 7) is 3.70. The first kappa shape index (κ1) is 10.3. The van der Waals surface area contributed by atoms with Gasteiger partial charge in [0.1, 0.15) is 6.61 Å². The Morgan fingerprint density at radius 3 is 2.71 bits per heavy atom. The van der Waals surface area contributed by atoms with Crippen LogP contribution in [0.5, 0.6) is 0 Å². The van der Waals surface area contributed by atoms with Crippen LogP contribution in [-0.4, -0.2) is 12.6 Å². The van der Waals surface area contributed by atoms with E-state index in [4.69, 9.17) is 4.74 Å². The Morgan fingerprint density at radius 1 is 1.36 bits per heavy atom. The van der Waals surface area contributed by atoms with Crippen molar-refractivity contribution in [1.29, 1.82) is 0 Å². The summed E-state index contributed by atoms with van der Waals surface area (Å²) in [6, 6.07) is 9.57. The van der Waals surface area contributed by atoms with Crippen LogP contribution in [0.25, 0.3) is 6.08 Å². The van der Waals surface area contributed by atoms with Gasteiger partial charge in [-0.2, -0.15) is 0 Å². The average molecular weight is 188 g/mol. The third-order valence-corrected chi connectivity index (χ3v) is 1.55. The van der Waals surface area contributed by atoms with Gasteiger partial charge in [0, 0.05) is 6.08 Å². The van der Waals surface area contributed by atoms with Crippen LogP contribution in [0.2, 0.25) is 0 Å². The highest BCUT2D eigenvalue weighted by Crippen LogP contribution is 2.00. The molecule has 2 heteroatoms. The maximum Gasteiger partial charge on any atom is 0.331 e. The van der Waals surface area contributed by atoms with Gasteiger partial charge < -0.3 is 4.74 Å². The van der Waals surface area contributed by atoms with Gasteiger partial charge in [0.25, 0.3) is 0 Å². The molecule has 0 N–H and O–H groups in total. The molecule has 0 unspecified atom stereocenters. The molecule has 0 saturated carbocycles. The lowest BCUT2D eigenvalue weighted by molar-refractivity contribution is -0.136. The number of carbonyl (C=O) groups is 1. The molecule has 0 aliphatic rings. The molecule has 0 atom stereocenters. The van der Waals surface area contributed by atoms with Gasteiger partial charge in [0.2, 0.25) is 0 Å². The number of rotatable bonds is 4. The second kappa shape index (κ2) is 5.75. The van der Waals surface area contributed by atoms with Gasteiger partial charge in [-0.05, 0) is 11.6 Å². The van der Waals surface area contributed by atoms with Crippen LogP contribution in [0.1, 0.15) is 5.56 Å². The van der Waals surface area contributed by atoms with Crippen LogP contribution in [0.3, 0.4) is 0 Å². The van der Waals surface area contributed by atoms with Crippen LogP contribution < -0.4 is 0 Å². The third kappa shape index (κ3) is 3.72. The smallest absolute Gasteiger partial charge is 0.331 e. The van der Waals surface area contributed by atoms with E-state index in [0.29, 0.717) is 0 Å². The first-order chi connectivity index (χ1) is 6.83. The topological polar surface area (TPSA) is 26.3 Å². The second-order valence-electron chi connectivity index (χ2n) is 2.66. The van der Waals surface area contributed by atoms with Gasteiger partial charge in [0.05, 0.1) is 0 Å². The van der Waals surface area contributed by atoms with Gasteiger partial charge >= 0.3 is 5.97 Å². The zero-order chi connectivity index (χ0) is 10.2. The summed E-state index contributed by atoms with van der Waals surface area (Å²) in [6.07, 6.45) is 4.65. The molecule has 0 amide bonds. The minimum atomic E-state index is -0.353. The van der Waals surface area contributed by atoms with Crippen molar-refractivity contribution >= 4 is 12.0 Å². The van der Waals surface area contributed by atoms with E-state index >= 15 is 0 Å². The summed E-state index contributed by atoms with van der Waals surface area (Å²) in [5, 5.41) is 0. The van der Waals surface area contributed by atoms with Crippen LogP contribution in [0.4, 0.5) is 0 Å². The van der Waals surface area contributed by atoms with Crippen LogP contribution in [0, 0.1) is 0 Å². The van der Waals surface area contributed by atoms with Gasteiger partial charge in [-0.25, -0.2) is 4.79 Å². The summed E-state index contributed by atoms with van der Waals surface area (Å²) < 4.78 is 4.77. The van der Waals surface area contributed by atoms with Crippen molar-refractivity contribution in [3.8, 4) is 0 Å². The molecule has 0 spiro atoms. The highest BCUT2D eigenvalue weighted by Gasteiger charge is 1.93. The highest BCUT2D eigenvalue weighted by atomic mass is 16.5. The van der Waals surface area contributed by atoms with Crippen molar-refractivity contribution in [2.24, 2.45) is 0 Å². The molecule has 1 aromatic carbocycles. The number of ether oxygens (including phenoxy) is 1. The van der Waals surface area contributed by atoms with Gasteiger partial charge in [-0.15, -0.1) is 0 Å². The maximum atomic E-state index is 11.0. The standard InChI is InChI=1S/C12H12O2/c1-2-10-14-12(13)9-8-11-6-4-3-5-7-11/h2-9H,1,10H2/b9-8+. The van der Waals surface area contributed by atoms with Crippen LogP contribution in [0.15, 0.2) is 49.1 Å². The number of hydrogen-bond donors (Lipinski definition) is 0. The molecule has 1 aromatic rings. The highest BCUT2D eigenvalue weighted by molar-refractivity contribution is 5.87. The SMILES string of the molecule is C=CCOC(=O)/C=C/c1ccccc1. The molecule has 1 rings (SSSR count). The molecular weight excluding hydrogens is 176 g/mol. The normalized spacial score (nSPS) is 10.0. The number of hydrogen-bond acceptors (Lipinski definition) is 2. The van der Waals surface area contributed by atoms with Crippen molar-refractivity contribution in [3.05, 3.63) is 54.6 Å². The molecule has 0 aliphatic heterocycles. The van der Waals surface area contributed by atoms with E-state index in [1.807, 2.05) is 30.3 Å². The number of esters is 1. The zero-order valence-corrected chi connectivity index (χ0v) is 7.85. The van der Waals surface area contributed by atoms with Crippen LogP contribution >= 0.6 is 0 Å². The molecule has 0 aromatic heterocycles. The summed E-state index contributed by atoms with van der Waals surface area (Å²) >= 11 is 0. The van der Waals surface area contributed by atoms with Crippen molar-refractivity contribution in [2.75, 3.05) is 6.61 Å². The Morgan fingerprint density at radius 2 is 2.07 bits per heavy atom. The molecule has 0 radical (unpaired) electrons. The van der Waals surface area contributed by atoms with Crippen molar-refractivity contribution in [3.63, 3.8) is 0 Å². The van der Waals surface area contributed by atoms with Crippen LogP contribution in [-0.2, 0) is 9.53 Å². The molecule has 14 heavy (non-hydrogen) atoms. The fourth-order valence-electron chi connectivity index (χ4n) is 0.918. The van der Waals surface area contributed by atoms with E-state index in [9.17, 15) is 4.79 Å². The fourth-order valence-corrected chi connectivity index (χ4v) is 0.918. The molecule has 72 valence electrons. The summed E-state index contributed by atoms with van der Waals surface area (Å²) in [7, 11) is 0. The third-order valence-electron chi connectivity index (χ3n) is 1.55. The summed E-state index contributed by atoms with van der Waals surface area (Å²) in [5.41, 5.74) is 0.975. The zero-order valence-electron chi connectivity index (χ0n) is 7.85. The van der Waals surface area contributed by atoms with Crippen molar-refractivity contribution in [1.82, 2.24) is 0 Å². The van der Waals surface area contributed by atoms with E-state index in [0.717, 1.165) is 5.56 Å². The molecule has 0 fully saturated rings. The minimum absolute atomic E-state index is 0.248. The predicted molar refractivity (Wildman–Crippen MR) is 56.6 cm³/mol. The lowest BCUT2D eigenvalue weighted by Crippen LogP contribution is -1.99. The molecular formula is C12H12O2. The predicted octanol–water partition coefficient (Wildman–Crippen LogP) is 2.43. The van der Waals surface area contributed by atoms with E-state index in [1.165, 1.54) is 12.2 Å². The lowest BCUT2D eigenvalue weighted by atomic mass is 10.2. The Hall–Kier alpha value is -1.83. The number of carbonyl (C=O) groups excluding carboxylic acids is 1. The molecule has 0 saturated heterocycles.